The monoisotopic (exact) mass is 248 g/mol. The van der Waals surface area contributed by atoms with E-state index in [0.29, 0.717) is 5.54 Å². The molecule has 3 rings (SSSR count). The summed E-state index contributed by atoms with van der Waals surface area (Å²) in [6.07, 6.45) is 10.7. The summed E-state index contributed by atoms with van der Waals surface area (Å²) in [7, 11) is 2.09. The molecule has 1 saturated carbocycles. The van der Waals surface area contributed by atoms with Gasteiger partial charge in [0.2, 0.25) is 0 Å². The lowest BCUT2D eigenvalue weighted by Gasteiger charge is -2.33. The second kappa shape index (κ2) is 5.02. The highest BCUT2D eigenvalue weighted by Gasteiger charge is 2.36. The lowest BCUT2D eigenvalue weighted by molar-refractivity contribution is 0.198. The molecule has 0 aromatic carbocycles. The lowest BCUT2D eigenvalue weighted by Crippen LogP contribution is -2.49. The molecule has 2 aliphatic rings. The average molecular weight is 248 g/mol. The molecule has 0 unspecified atom stereocenters. The number of nitrogens with zero attached hydrogens (tertiary/aromatic N) is 3. The molecule has 1 saturated heterocycles. The Kier molecular flexibility index (Phi) is 3.39. The van der Waals surface area contributed by atoms with Crippen LogP contribution in [0.3, 0.4) is 0 Å². The summed E-state index contributed by atoms with van der Waals surface area (Å²) < 4.78 is 2.14. The predicted octanol–water partition coefficient (Wildman–Crippen LogP) is 1.53. The minimum absolute atomic E-state index is 0.404. The third-order valence-electron chi connectivity index (χ3n) is 4.52. The Balaban J connectivity index is 1.69. The van der Waals surface area contributed by atoms with Gasteiger partial charge in [-0.05, 0) is 32.4 Å². The van der Waals surface area contributed by atoms with Crippen molar-refractivity contribution in [2.24, 2.45) is 7.05 Å². The van der Waals surface area contributed by atoms with E-state index in [9.17, 15) is 0 Å². The van der Waals surface area contributed by atoms with Crippen molar-refractivity contribution in [1.82, 2.24) is 19.8 Å². The molecule has 0 bridgehead atoms. The van der Waals surface area contributed by atoms with E-state index in [4.69, 9.17) is 0 Å². The number of aryl methyl sites for hydroxylation is 1. The Hall–Kier alpha value is -0.870. The molecule has 1 aromatic rings. The van der Waals surface area contributed by atoms with Gasteiger partial charge in [-0.3, -0.25) is 4.90 Å². The van der Waals surface area contributed by atoms with Gasteiger partial charge in [0.15, 0.2) is 0 Å². The molecule has 0 atom stereocenters. The molecule has 1 aliphatic heterocycles. The van der Waals surface area contributed by atoms with Crippen LogP contribution in [0.25, 0.3) is 0 Å². The Morgan fingerprint density at radius 2 is 2.17 bits per heavy atom. The Morgan fingerprint density at radius 1 is 1.33 bits per heavy atom. The second-order valence-electron chi connectivity index (χ2n) is 5.93. The van der Waals surface area contributed by atoms with E-state index in [1.807, 2.05) is 12.4 Å². The summed E-state index contributed by atoms with van der Waals surface area (Å²) in [5.74, 6) is 1.19. The molecule has 2 fully saturated rings. The molecule has 100 valence electrons. The van der Waals surface area contributed by atoms with Crippen LogP contribution in [0.4, 0.5) is 0 Å². The fraction of sp³-hybridized carbons (Fsp3) is 0.786. The lowest BCUT2D eigenvalue weighted by atomic mass is 9.97. The van der Waals surface area contributed by atoms with Crippen LogP contribution in [-0.4, -0.2) is 39.6 Å². The zero-order valence-corrected chi connectivity index (χ0v) is 11.4. The van der Waals surface area contributed by atoms with Crippen LogP contribution in [0.15, 0.2) is 12.4 Å². The van der Waals surface area contributed by atoms with Gasteiger partial charge in [0.25, 0.3) is 0 Å². The van der Waals surface area contributed by atoms with E-state index in [2.05, 4.69) is 26.8 Å². The Bertz CT molecular complexity index is 392. The highest BCUT2D eigenvalue weighted by atomic mass is 15.2. The van der Waals surface area contributed by atoms with Gasteiger partial charge in [0, 0.05) is 31.5 Å². The standard InChI is InChI=1S/C14H24N4/c1-17-10-8-15-13(17)11-18-9-4-7-16-14(12-18)5-2-3-6-14/h8,10,16H,2-7,9,11-12H2,1H3. The van der Waals surface area contributed by atoms with Crippen molar-refractivity contribution in [1.29, 1.82) is 0 Å². The predicted molar refractivity (Wildman–Crippen MR) is 72.3 cm³/mol. The second-order valence-corrected chi connectivity index (χ2v) is 5.93. The van der Waals surface area contributed by atoms with E-state index in [1.165, 1.54) is 57.6 Å². The quantitative estimate of drug-likeness (QED) is 0.861. The van der Waals surface area contributed by atoms with Crippen LogP contribution in [0.1, 0.15) is 37.9 Å². The van der Waals surface area contributed by atoms with Crippen molar-refractivity contribution in [2.75, 3.05) is 19.6 Å². The number of imidazole rings is 1. The summed E-state index contributed by atoms with van der Waals surface area (Å²) in [5, 5.41) is 3.81. The SMILES string of the molecule is Cn1ccnc1CN1CCCNC2(CCCC2)C1. The molecule has 1 spiro atoms. The van der Waals surface area contributed by atoms with E-state index in [0.717, 1.165) is 6.54 Å². The minimum Gasteiger partial charge on any atom is -0.337 e. The van der Waals surface area contributed by atoms with Crippen molar-refractivity contribution in [2.45, 2.75) is 44.2 Å². The fourth-order valence-electron chi connectivity index (χ4n) is 3.49. The van der Waals surface area contributed by atoms with Gasteiger partial charge in [0.05, 0.1) is 6.54 Å². The third-order valence-corrected chi connectivity index (χ3v) is 4.52. The van der Waals surface area contributed by atoms with Gasteiger partial charge in [-0.1, -0.05) is 12.8 Å². The number of aromatic nitrogens is 2. The molecular weight excluding hydrogens is 224 g/mol. The van der Waals surface area contributed by atoms with E-state index >= 15 is 0 Å². The summed E-state index contributed by atoms with van der Waals surface area (Å²) in [5.41, 5.74) is 0.404. The molecule has 1 aliphatic carbocycles. The minimum atomic E-state index is 0.404. The Labute approximate surface area is 109 Å². The maximum Gasteiger partial charge on any atom is 0.122 e. The summed E-state index contributed by atoms with van der Waals surface area (Å²) >= 11 is 0. The number of rotatable bonds is 2. The van der Waals surface area contributed by atoms with Crippen LogP contribution < -0.4 is 5.32 Å². The number of hydrogen-bond acceptors (Lipinski definition) is 3. The normalized spacial score (nSPS) is 24.5. The molecule has 0 radical (unpaired) electrons. The van der Waals surface area contributed by atoms with Gasteiger partial charge >= 0.3 is 0 Å². The molecular formula is C14H24N4. The van der Waals surface area contributed by atoms with Crippen molar-refractivity contribution in [3.05, 3.63) is 18.2 Å². The van der Waals surface area contributed by atoms with Crippen molar-refractivity contribution >= 4 is 0 Å². The first kappa shape index (κ1) is 12.2. The van der Waals surface area contributed by atoms with Crippen molar-refractivity contribution in [3.63, 3.8) is 0 Å². The molecule has 18 heavy (non-hydrogen) atoms. The maximum atomic E-state index is 4.46. The zero-order chi connectivity index (χ0) is 12.4. The average Bonchev–Trinajstić information content (AvgIpc) is 2.90. The van der Waals surface area contributed by atoms with Crippen LogP contribution in [0.5, 0.6) is 0 Å². The fourth-order valence-corrected chi connectivity index (χ4v) is 3.49. The van der Waals surface area contributed by atoms with Crippen molar-refractivity contribution < 1.29 is 0 Å². The van der Waals surface area contributed by atoms with Gasteiger partial charge in [0.1, 0.15) is 5.82 Å². The molecule has 4 nitrogen and oxygen atoms in total. The first-order valence-corrected chi connectivity index (χ1v) is 7.21. The van der Waals surface area contributed by atoms with E-state index in [1.54, 1.807) is 0 Å². The van der Waals surface area contributed by atoms with Crippen LogP contribution in [-0.2, 0) is 13.6 Å². The highest BCUT2D eigenvalue weighted by molar-refractivity contribution is 4.99. The Morgan fingerprint density at radius 3 is 2.89 bits per heavy atom. The van der Waals surface area contributed by atoms with Crippen LogP contribution >= 0.6 is 0 Å². The molecule has 4 heteroatoms. The zero-order valence-electron chi connectivity index (χ0n) is 11.4. The topological polar surface area (TPSA) is 33.1 Å². The first-order chi connectivity index (χ1) is 8.77. The van der Waals surface area contributed by atoms with Gasteiger partial charge in [-0.25, -0.2) is 4.98 Å². The smallest absolute Gasteiger partial charge is 0.122 e. The van der Waals surface area contributed by atoms with Gasteiger partial charge in [-0.15, -0.1) is 0 Å². The van der Waals surface area contributed by atoms with E-state index < -0.39 is 0 Å². The van der Waals surface area contributed by atoms with Crippen LogP contribution in [0.2, 0.25) is 0 Å². The molecule has 1 aromatic heterocycles. The first-order valence-electron chi connectivity index (χ1n) is 7.21. The van der Waals surface area contributed by atoms with Crippen molar-refractivity contribution in [3.8, 4) is 0 Å². The van der Waals surface area contributed by atoms with Crippen LogP contribution in [0, 0.1) is 0 Å². The number of hydrogen-bond donors (Lipinski definition) is 1. The third kappa shape index (κ3) is 2.45. The summed E-state index contributed by atoms with van der Waals surface area (Å²) in [4.78, 5) is 7.05. The van der Waals surface area contributed by atoms with Gasteiger partial charge < -0.3 is 9.88 Å². The number of nitrogens with one attached hydrogen (secondary N) is 1. The van der Waals surface area contributed by atoms with E-state index in [-0.39, 0.29) is 0 Å². The summed E-state index contributed by atoms with van der Waals surface area (Å²) in [6.45, 7) is 4.56. The molecule has 2 heterocycles. The maximum absolute atomic E-state index is 4.46. The largest absolute Gasteiger partial charge is 0.337 e. The summed E-state index contributed by atoms with van der Waals surface area (Å²) in [6, 6.07) is 0. The molecule has 0 amide bonds. The van der Waals surface area contributed by atoms with Gasteiger partial charge in [-0.2, -0.15) is 0 Å². The highest BCUT2D eigenvalue weighted by Crippen LogP contribution is 2.31. The molecule has 1 N–H and O–H groups in total.